The Labute approximate surface area is 207 Å². The highest BCUT2D eigenvalue weighted by Gasteiger charge is 2.26. The van der Waals surface area contributed by atoms with E-state index in [1.165, 1.54) is 4.31 Å². The molecule has 1 saturated heterocycles. The van der Waals surface area contributed by atoms with Crippen LogP contribution in [0.1, 0.15) is 37.1 Å². The van der Waals surface area contributed by atoms with E-state index in [1.807, 2.05) is 12.1 Å². The number of aryl methyl sites for hydroxylation is 1. The molecule has 0 spiro atoms. The van der Waals surface area contributed by atoms with Gasteiger partial charge in [0.2, 0.25) is 15.9 Å². The monoisotopic (exact) mass is 530 g/mol. The van der Waals surface area contributed by atoms with Gasteiger partial charge in [-0.05, 0) is 25.0 Å². The molecule has 0 unspecified atom stereocenters. The Morgan fingerprint density at radius 2 is 1.80 bits per heavy atom. The fourth-order valence-corrected chi connectivity index (χ4v) is 4.95. The number of amides is 1. The van der Waals surface area contributed by atoms with E-state index >= 15 is 0 Å². The van der Waals surface area contributed by atoms with Crippen molar-refractivity contribution in [1.82, 2.24) is 19.3 Å². The van der Waals surface area contributed by atoms with Crippen LogP contribution in [-0.4, -0.2) is 81.2 Å². The molecule has 1 aliphatic rings. The maximum atomic E-state index is 12.8. The lowest BCUT2D eigenvalue weighted by Crippen LogP contribution is -2.41. The zero-order valence-corrected chi connectivity index (χ0v) is 20.4. The largest absolute Gasteiger partial charge is 0.473 e. The van der Waals surface area contributed by atoms with Gasteiger partial charge in [0.25, 0.3) is 0 Å². The summed E-state index contributed by atoms with van der Waals surface area (Å²) in [6.07, 6.45) is 4.99. The smallest absolute Gasteiger partial charge is 0.414 e. The lowest BCUT2D eigenvalue weighted by Gasteiger charge is -2.28. The number of halogens is 1. The standard InChI is InChI=1S/C19H25ClN4O4S.C2H2O4/c20-18-14-17(28-22-18)7-8-19(25)23(15-16-6-2-3-9-21-16)12-13-29(26,27)24-10-4-1-5-11-24;3-1(4)2(5)6/h2-3,6,9,14H,1,4-5,7-8,10-13,15H2;(H,3,4)(H,5,6). The van der Waals surface area contributed by atoms with Gasteiger partial charge in [-0.25, -0.2) is 22.3 Å². The summed E-state index contributed by atoms with van der Waals surface area (Å²) >= 11 is 5.74. The van der Waals surface area contributed by atoms with Crippen LogP contribution in [0.15, 0.2) is 35.0 Å². The molecule has 0 saturated carbocycles. The van der Waals surface area contributed by atoms with Crippen LogP contribution >= 0.6 is 11.6 Å². The van der Waals surface area contributed by atoms with Crippen molar-refractivity contribution < 1.29 is 37.5 Å². The second-order valence-corrected chi connectivity index (χ2v) is 10.1. The lowest BCUT2D eigenvalue weighted by molar-refractivity contribution is -0.159. The van der Waals surface area contributed by atoms with Crippen molar-refractivity contribution in [1.29, 1.82) is 0 Å². The average Bonchev–Trinajstić information content (AvgIpc) is 3.26. The maximum Gasteiger partial charge on any atom is 0.414 e. The number of pyridine rings is 1. The Hall–Kier alpha value is -3.03. The molecule has 0 radical (unpaired) electrons. The third-order valence-electron chi connectivity index (χ3n) is 5.06. The molecule has 0 atom stereocenters. The number of sulfonamides is 1. The van der Waals surface area contributed by atoms with Crippen LogP contribution < -0.4 is 0 Å². The van der Waals surface area contributed by atoms with Crippen molar-refractivity contribution in [3.8, 4) is 0 Å². The van der Waals surface area contributed by atoms with E-state index in [9.17, 15) is 13.2 Å². The average molecular weight is 531 g/mol. The summed E-state index contributed by atoms with van der Waals surface area (Å²) in [5.74, 6) is -3.40. The number of hydrogen-bond acceptors (Lipinski definition) is 8. The van der Waals surface area contributed by atoms with E-state index in [0.29, 0.717) is 31.0 Å². The van der Waals surface area contributed by atoms with Gasteiger partial charge in [0, 0.05) is 44.7 Å². The molecule has 2 aromatic heterocycles. The number of aliphatic carboxylic acids is 2. The van der Waals surface area contributed by atoms with Gasteiger partial charge in [-0.3, -0.25) is 9.78 Å². The second-order valence-electron chi connectivity index (χ2n) is 7.64. The van der Waals surface area contributed by atoms with Crippen molar-refractivity contribution >= 4 is 39.5 Å². The van der Waals surface area contributed by atoms with E-state index in [-0.39, 0.29) is 36.3 Å². The molecule has 1 amide bonds. The molecular formula is C21H27ClN4O8S. The fourth-order valence-electron chi connectivity index (χ4n) is 3.27. The minimum Gasteiger partial charge on any atom is -0.473 e. The molecule has 192 valence electrons. The Bertz CT molecular complexity index is 1080. The normalized spacial score (nSPS) is 14.0. The first-order chi connectivity index (χ1) is 16.6. The van der Waals surface area contributed by atoms with Gasteiger partial charge in [-0.15, -0.1) is 0 Å². The van der Waals surface area contributed by atoms with Crippen LogP contribution in [0.3, 0.4) is 0 Å². The van der Waals surface area contributed by atoms with Gasteiger partial charge in [0.05, 0.1) is 18.0 Å². The summed E-state index contributed by atoms with van der Waals surface area (Å²) in [6, 6.07) is 7.02. The Kier molecular flexibility index (Phi) is 11.1. The third-order valence-corrected chi connectivity index (χ3v) is 7.09. The predicted molar refractivity (Wildman–Crippen MR) is 124 cm³/mol. The van der Waals surface area contributed by atoms with E-state index in [2.05, 4.69) is 10.1 Å². The first kappa shape index (κ1) is 28.2. The van der Waals surface area contributed by atoms with E-state index in [4.69, 9.17) is 35.9 Å². The minimum absolute atomic E-state index is 0.0975. The zero-order chi connectivity index (χ0) is 25.8. The van der Waals surface area contributed by atoms with E-state index < -0.39 is 22.0 Å². The van der Waals surface area contributed by atoms with Gasteiger partial charge in [-0.1, -0.05) is 29.2 Å². The zero-order valence-electron chi connectivity index (χ0n) is 18.9. The molecule has 2 aromatic rings. The number of carboxylic acid groups (broad SMARTS) is 2. The van der Waals surface area contributed by atoms with Gasteiger partial charge in [0.15, 0.2) is 5.15 Å². The number of carboxylic acids is 2. The quantitative estimate of drug-likeness (QED) is 0.454. The molecule has 0 aliphatic carbocycles. The summed E-state index contributed by atoms with van der Waals surface area (Å²) in [5, 5.41) is 18.6. The van der Waals surface area contributed by atoms with Crippen LogP contribution in [0, 0.1) is 0 Å². The number of hydrogen-bond donors (Lipinski definition) is 2. The highest BCUT2D eigenvalue weighted by atomic mass is 35.5. The Balaban J connectivity index is 0.000000641. The van der Waals surface area contributed by atoms with Crippen molar-refractivity contribution in [3.63, 3.8) is 0 Å². The first-order valence-electron chi connectivity index (χ1n) is 10.8. The van der Waals surface area contributed by atoms with Crippen LogP contribution in [-0.2, 0) is 37.4 Å². The van der Waals surface area contributed by atoms with Crippen LogP contribution in [0.2, 0.25) is 5.15 Å². The number of carbonyl (C=O) groups excluding carboxylic acids is 1. The molecule has 1 aliphatic heterocycles. The van der Waals surface area contributed by atoms with E-state index in [1.54, 1.807) is 23.2 Å². The number of aromatic nitrogens is 2. The van der Waals surface area contributed by atoms with Crippen LogP contribution in [0.25, 0.3) is 0 Å². The SMILES string of the molecule is O=C(CCc1cc(Cl)no1)N(CCS(=O)(=O)N1CCCCC1)Cc1ccccn1.O=C(O)C(=O)O. The predicted octanol–water partition coefficient (Wildman–Crippen LogP) is 1.66. The van der Waals surface area contributed by atoms with Gasteiger partial charge in [0.1, 0.15) is 5.76 Å². The molecule has 12 nitrogen and oxygen atoms in total. The molecular weight excluding hydrogens is 504 g/mol. The first-order valence-corrected chi connectivity index (χ1v) is 12.8. The molecule has 0 bridgehead atoms. The van der Waals surface area contributed by atoms with Gasteiger partial charge < -0.3 is 19.6 Å². The van der Waals surface area contributed by atoms with E-state index in [0.717, 1.165) is 19.3 Å². The topological polar surface area (TPSA) is 171 Å². The Morgan fingerprint density at radius 1 is 1.11 bits per heavy atom. The number of rotatable bonds is 9. The highest BCUT2D eigenvalue weighted by molar-refractivity contribution is 7.89. The lowest BCUT2D eigenvalue weighted by atomic mass is 10.2. The maximum absolute atomic E-state index is 12.8. The summed E-state index contributed by atoms with van der Waals surface area (Å²) in [6.45, 7) is 1.49. The van der Waals surface area contributed by atoms with Gasteiger partial charge in [-0.2, -0.15) is 0 Å². The Morgan fingerprint density at radius 3 is 2.34 bits per heavy atom. The van der Waals surface area contributed by atoms with Crippen molar-refractivity contribution in [2.24, 2.45) is 0 Å². The summed E-state index contributed by atoms with van der Waals surface area (Å²) < 4.78 is 31.9. The van der Waals surface area contributed by atoms with Crippen LogP contribution in [0.4, 0.5) is 0 Å². The fraction of sp³-hybridized carbons (Fsp3) is 0.476. The molecule has 1 fully saturated rings. The minimum atomic E-state index is -3.39. The summed E-state index contributed by atoms with van der Waals surface area (Å²) in [7, 11) is -3.39. The highest BCUT2D eigenvalue weighted by Crippen LogP contribution is 2.15. The molecule has 3 heterocycles. The molecule has 3 rings (SSSR count). The molecule has 0 aromatic carbocycles. The van der Waals surface area contributed by atoms with Crippen molar-refractivity contribution in [3.05, 3.63) is 47.1 Å². The van der Waals surface area contributed by atoms with Crippen LogP contribution in [0.5, 0.6) is 0 Å². The van der Waals surface area contributed by atoms with Crippen molar-refractivity contribution in [2.45, 2.75) is 38.6 Å². The number of nitrogens with zero attached hydrogens (tertiary/aromatic N) is 4. The second kappa shape index (κ2) is 13.8. The number of piperidine rings is 1. The molecule has 2 N–H and O–H groups in total. The third kappa shape index (κ3) is 10.0. The van der Waals surface area contributed by atoms with Crippen molar-refractivity contribution in [2.75, 3.05) is 25.4 Å². The molecule has 14 heteroatoms. The number of carbonyl (C=O) groups is 3. The summed E-state index contributed by atoms with van der Waals surface area (Å²) in [5.41, 5.74) is 0.707. The summed E-state index contributed by atoms with van der Waals surface area (Å²) in [4.78, 5) is 36.8. The van der Waals surface area contributed by atoms with Gasteiger partial charge >= 0.3 is 11.9 Å². The molecule has 35 heavy (non-hydrogen) atoms.